The lowest BCUT2D eigenvalue weighted by Gasteiger charge is -2.10. The molecule has 1 aromatic carbocycles. The number of nitrogens with one attached hydrogen (secondary N) is 1. The minimum absolute atomic E-state index is 0.0827. The second kappa shape index (κ2) is 7.04. The predicted octanol–water partition coefficient (Wildman–Crippen LogP) is 1.84. The van der Waals surface area contributed by atoms with Crippen molar-refractivity contribution in [2.75, 3.05) is 5.75 Å². The summed E-state index contributed by atoms with van der Waals surface area (Å²) in [5.41, 5.74) is -0.303. The van der Waals surface area contributed by atoms with Gasteiger partial charge >= 0.3 is 5.97 Å². The summed E-state index contributed by atoms with van der Waals surface area (Å²) < 4.78 is 24.9. The first-order chi connectivity index (χ1) is 9.63. The van der Waals surface area contributed by atoms with Gasteiger partial charge in [-0.15, -0.1) is 0 Å². The van der Waals surface area contributed by atoms with Gasteiger partial charge in [0.05, 0.1) is 16.2 Å². The van der Waals surface area contributed by atoms with Gasteiger partial charge in [-0.1, -0.05) is 15.9 Å². The molecule has 1 aromatic rings. The Balaban J connectivity index is 3.00. The van der Waals surface area contributed by atoms with Gasteiger partial charge in [-0.05, 0) is 32.0 Å². The maximum Gasteiger partial charge on any atom is 0.337 e. The molecular weight excluding hydrogens is 362 g/mol. The van der Waals surface area contributed by atoms with Gasteiger partial charge in [-0.2, -0.15) is 0 Å². The van der Waals surface area contributed by atoms with Gasteiger partial charge in [-0.25, -0.2) is 13.2 Å². The monoisotopic (exact) mass is 377 g/mol. The summed E-state index contributed by atoms with van der Waals surface area (Å²) in [5.74, 6) is -2.16. The van der Waals surface area contributed by atoms with Gasteiger partial charge in [0, 0.05) is 16.9 Å². The summed E-state index contributed by atoms with van der Waals surface area (Å²) in [5, 5.41) is 11.6. The minimum Gasteiger partial charge on any atom is -0.478 e. The molecule has 0 unspecified atom stereocenters. The number of carbonyl (C=O) groups excluding carboxylic acids is 1. The molecule has 2 N–H and O–H groups in total. The van der Waals surface area contributed by atoms with Crippen LogP contribution in [0.15, 0.2) is 27.6 Å². The highest BCUT2D eigenvalue weighted by Crippen LogP contribution is 2.23. The quantitative estimate of drug-likeness (QED) is 0.787. The van der Waals surface area contributed by atoms with E-state index in [4.69, 9.17) is 5.11 Å². The maximum atomic E-state index is 12.2. The SMILES string of the molecule is CC(C)NC(=O)CCS(=O)(=O)c1cc(Br)ccc1C(=O)O. The average molecular weight is 378 g/mol. The normalized spacial score (nSPS) is 11.4. The first-order valence-corrected chi connectivity index (χ1v) is 8.63. The molecule has 0 aliphatic rings. The Hall–Kier alpha value is -1.41. The summed E-state index contributed by atoms with van der Waals surface area (Å²) in [6, 6.07) is 3.82. The van der Waals surface area contributed by atoms with Crippen LogP contribution >= 0.6 is 15.9 Å². The highest BCUT2D eigenvalue weighted by atomic mass is 79.9. The standard InChI is InChI=1S/C13H16BrNO5S/c1-8(2)15-12(16)5-6-21(19,20)11-7-9(14)3-4-10(11)13(17)18/h3-4,7-8H,5-6H2,1-2H3,(H,15,16)(H,17,18). The van der Waals surface area contributed by atoms with Crippen LogP contribution in [0.2, 0.25) is 0 Å². The molecule has 0 aliphatic carbocycles. The van der Waals surface area contributed by atoms with E-state index in [2.05, 4.69) is 21.2 Å². The highest BCUT2D eigenvalue weighted by molar-refractivity contribution is 9.10. The molecule has 6 nitrogen and oxygen atoms in total. The lowest BCUT2D eigenvalue weighted by Crippen LogP contribution is -2.31. The minimum atomic E-state index is -3.86. The van der Waals surface area contributed by atoms with E-state index < -0.39 is 21.6 Å². The van der Waals surface area contributed by atoms with Crippen molar-refractivity contribution in [2.45, 2.75) is 31.2 Å². The number of carbonyl (C=O) groups is 2. The van der Waals surface area contributed by atoms with Crippen molar-refractivity contribution in [2.24, 2.45) is 0 Å². The van der Waals surface area contributed by atoms with Crippen LogP contribution in [0, 0.1) is 0 Å². The molecule has 1 amide bonds. The predicted molar refractivity (Wildman–Crippen MR) is 81.0 cm³/mol. The third kappa shape index (κ3) is 5.13. The number of carboxylic acids is 1. The number of halogens is 1. The van der Waals surface area contributed by atoms with Gasteiger partial charge in [0.25, 0.3) is 0 Å². The Morgan fingerprint density at radius 3 is 2.48 bits per heavy atom. The summed E-state index contributed by atoms with van der Waals surface area (Å²) in [6.45, 7) is 3.53. The molecule has 0 fully saturated rings. The molecule has 8 heteroatoms. The van der Waals surface area contributed by atoms with Crippen LogP contribution in [0.1, 0.15) is 30.6 Å². The Morgan fingerprint density at radius 2 is 1.95 bits per heavy atom. The van der Waals surface area contributed by atoms with Crippen molar-refractivity contribution in [1.29, 1.82) is 0 Å². The summed E-state index contributed by atoms with van der Waals surface area (Å²) in [6.07, 6.45) is -0.216. The Kier molecular flexibility index (Phi) is 5.91. The Bertz CT molecular complexity index is 655. The highest BCUT2D eigenvalue weighted by Gasteiger charge is 2.23. The summed E-state index contributed by atoms with van der Waals surface area (Å²) in [4.78, 5) is 22.3. The first-order valence-electron chi connectivity index (χ1n) is 6.18. The zero-order valence-corrected chi connectivity index (χ0v) is 14.0. The van der Waals surface area contributed by atoms with Crippen LogP contribution in [0.5, 0.6) is 0 Å². The third-order valence-electron chi connectivity index (χ3n) is 2.56. The Labute approximate surface area is 131 Å². The van der Waals surface area contributed by atoms with E-state index >= 15 is 0 Å². The molecule has 1 rings (SSSR count). The van der Waals surface area contributed by atoms with Crippen LogP contribution in [0.4, 0.5) is 0 Å². The van der Waals surface area contributed by atoms with Crippen LogP contribution in [0.25, 0.3) is 0 Å². The van der Waals surface area contributed by atoms with Gasteiger partial charge in [0.2, 0.25) is 5.91 Å². The Morgan fingerprint density at radius 1 is 1.33 bits per heavy atom. The topological polar surface area (TPSA) is 101 Å². The average Bonchev–Trinajstić information content (AvgIpc) is 2.35. The number of amides is 1. The molecule has 0 heterocycles. The lowest BCUT2D eigenvalue weighted by atomic mass is 10.2. The van der Waals surface area contributed by atoms with E-state index in [1.165, 1.54) is 18.2 Å². The molecule has 0 saturated heterocycles. The van der Waals surface area contributed by atoms with Crippen molar-refractivity contribution in [3.63, 3.8) is 0 Å². The number of benzene rings is 1. The molecule has 0 aliphatic heterocycles. The molecule has 21 heavy (non-hydrogen) atoms. The first kappa shape index (κ1) is 17.6. The summed E-state index contributed by atoms with van der Waals surface area (Å²) >= 11 is 3.11. The fraction of sp³-hybridized carbons (Fsp3) is 0.385. The van der Waals surface area contributed by atoms with Crippen molar-refractivity contribution in [3.8, 4) is 0 Å². The van der Waals surface area contributed by atoms with Crippen LogP contribution in [0.3, 0.4) is 0 Å². The second-order valence-electron chi connectivity index (χ2n) is 4.74. The van der Waals surface area contributed by atoms with Crippen molar-refractivity contribution in [3.05, 3.63) is 28.2 Å². The molecule has 0 atom stereocenters. The molecule has 0 aromatic heterocycles. The largest absolute Gasteiger partial charge is 0.478 e. The van der Waals surface area contributed by atoms with E-state index in [1.807, 2.05) is 0 Å². The van der Waals surface area contributed by atoms with Crippen molar-refractivity contribution >= 4 is 37.6 Å². The van der Waals surface area contributed by atoms with E-state index in [-0.39, 0.29) is 28.8 Å². The molecule has 116 valence electrons. The zero-order valence-electron chi connectivity index (χ0n) is 11.6. The van der Waals surface area contributed by atoms with Gasteiger partial charge in [-0.3, -0.25) is 4.79 Å². The van der Waals surface area contributed by atoms with Gasteiger partial charge < -0.3 is 10.4 Å². The van der Waals surface area contributed by atoms with Crippen molar-refractivity contribution < 1.29 is 23.1 Å². The fourth-order valence-corrected chi connectivity index (χ4v) is 3.64. The number of carboxylic acid groups (broad SMARTS) is 1. The number of rotatable bonds is 6. The van der Waals surface area contributed by atoms with E-state index in [0.717, 1.165) is 0 Å². The molecule has 0 saturated carbocycles. The van der Waals surface area contributed by atoms with Gasteiger partial charge in [0.15, 0.2) is 9.84 Å². The van der Waals surface area contributed by atoms with Gasteiger partial charge in [0.1, 0.15) is 0 Å². The smallest absolute Gasteiger partial charge is 0.337 e. The number of hydrogen-bond donors (Lipinski definition) is 2. The number of sulfone groups is 1. The van der Waals surface area contributed by atoms with Crippen molar-refractivity contribution in [1.82, 2.24) is 5.32 Å². The second-order valence-corrected chi connectivity index (χ2v) is 7.73. The third-order valence-corrected chi connectivity index (χ3v) is 4.80. The van der Waals surface area contributed by atoms with E-state index in [1.54, 1.807) is 13.8 Å². The molecule has 0 bridgehead atoms. The fourth-order valence-electron chi connectivity index (χ4n) is 1.66. The molecule has 0 radical (unpaired) electrons. The lowest BCUT2D eigenvalue weighted by molar-refractivity contribution is -0.121. The van der Waals surface area contributed by atoms with Crippen LogP contribution in [-0.4, -0.2) is 37.2 Å². The number of aromatic carboxylic acids is 1. The molecule has 0 spiro atoms. The van der Waals surface area contributed by atoms with Crippen LogP contribution in [-0.2, 0) is 14.6 Å². The van der Waals surface area contributed by atoms with E-state index in [9.17, 15) is 18.0 Å². The maximum absolute atomic E-state index is 12.2. The number of hydrogen-bond acceptors (Lipinski definition) is 4. The zero-order chi connectivity index (χ0) is 16.2. The van der Waals surface area contributed by atoms with E-state index in [0.29, 0.717) is 4.47 Å². The van der Waals surface area contributed by atoms with Crippen LogP contribution < -0.4 is 5.32 Å². The summed E-state index contributed by atoms with van der Waals surface area (Å²) in [7, 11) is -3.86. The molecular formula is C13H16BrNO5S.